The zero-order chi connectivity index (χ0) is 21.1. The van der Waals surface area contributed by atoms with Gasteiger partial charge in [-0.25, -0.2) is 9.18 Å². The fraction of sp³-hybridized carbons (Fsp3) is 0.238. The number of nitrogens with one attached hydrogen (secondary N) is 3. The topological polar surface area (TPSA) is 109 Å². The lowest BCUT2D eigenvalue weighted by Gasteiger charge is -2.13. The maximum Gasteiger partial charge on any atom is 0.319 e. The van der Waals surface area contributed by atoms with Crippen molar-refractivity contribution in [2.24, 2.45) is 0 Å². The molecule has 9 heteroatoms. The summed E-state index contributed by atoms with van der Waals surface area (Å²) < 4.78 is 18.3. The van der Waals surface area contributed by atoms with E-state index in [1.807, 2.05) is 6.07 Å². The molecule has 1 atom stereocenters. The fourth-order valence-corrected chi connectivity index (χ4v) is 3.21. The molecule has 4 rings (SSSR count). The lowest BCUT2D eigenvalue weighted by atomic mass is 10.1. The highest BCUT2D eigenvalue weighted by molar-refractivity contribution is 5.94. The molecule has 0 saturated heterocycles. The second-order valence-electron chi connectivity index (χ2n) is 7.06. The molecule has 3 N–H and O–H groups in total. The molecule has 1 unspecified atom stereocenters. The molecule has 1 aliphatic rings. The Morgan fingerprint density at radius 1 is 1.20 bits per heavy atom. The van der Waals surface area contributed by atoms with E-state index in [0.717, 1.165) is 24.1 Å². The Kier molecular flexibility index (Phi) is 5.42. The summed E-state index contributed by atoms with van der Waals surface area (Å²) in [5, 5.41) is 12.3. The highest BCUT2D eigenvalue weighted by Gasteiger charge is 2.18. The number of carbonyl (C=O) groups excluding carboxylic acids is 2. The predicted octanol–water partition coefficient (Wildman–Crippen LogP) is 4.03. The third-order valence-corrected chi connectivity index (χ3v) is 4.75. The van der Waals surface area contributed by atoms with Crippen molar-refractivity contribution in [2.45, 2.75) is 32.2 Å². The molecular weight excluding hydrogens is 389 g/mol. The molecule has 30 heavy (non-hydrogen) atoms. The van der Waals surface area contributed by atoms with Crippen LogP contribution in [0.1, 0.15) is 37.3 Å². The van der Waals surface area contributed by atoms with E-state index in [-0.39, 0.29) is 17.6 Å². The van der Waals surface area contributed by atoms with Gasteiger partial charge in [0.25, 0.3) is 0 Å². The van der Waals surface area contributed by atoms with Gasteiger partial charge in [-0.2, -0.15) is 4.98 Å². The molecule has 0 spiro atoms. The van der Waals surface area contributed by atoms with E-state index < -0.39 is 12.1 Å². The number of anilines is 2. The van der Waals surface area contributed by atoms with Crippen LogP contribution in [0.3, 0.4) is 0 Å². The highest BCUT2D eigenvalue weighted by atomic mass is 19.1. The third kappa shape index (κ3) is 4.45. The van der Waals surface area contributed by atoms with Gasteiger partial charge in [0.15, 0.2) is 0 Å². The normalized spacial score (nSPS) is 14.3. The van der Waals surface area contributed by atoms with Crippen LogP contribution >= 0.6 is 0 Å². The number of benzene rings is 2. The van der Waals surface area contributed by atoms with E-state index in [4.69, 9.17) is 4.52 Å². The zero-order valence-corrected chi connectivity index (χ0v) is 16.2. The lowest BCUT2D eigenvalue weighted by molar-refractivity contribution is -0.116. The van der Waals surface area contributed by atoms with Gasteiger partial charge < -0.3 is 20.5 Å². The summed E-state index contributed by atoms with van der Waals surface area (Å²) in [5.41, 5.74) is 2.98. The van der Waals surface area contributed by atoms with Gasteiger partial charge in [-0.05, 0) is 67.8 Å². The number of nitrogens with zero attached hydrogens (tertiary/aromatic N) is 2. The third-order valence-electron chi connectivity index (χ3n) is 4.75. The van der Waals surface area contributed by atoms with E-state index in [0.29, 0.717) is 23.5 Å². The number of aryl methyl sites for hydroxylation is 1. The van der Waals surface area contributed by atoms with Crippen molar-refractivity contribution in [2.75, 3.05) is 10.6 Å². The summed E-state index contributed by atoms with van der Waals surface area (Å²) >= 11 is 0. The van der Waals surface area contributed by atoms with Gasteiger partial charge in [-0.15, -0.1) is 0 Å². The van der Waals surface area contributed by atoms with Gasteiger partial charge in [-0.3, -0.25) is 4.79 Å². The molecule has 8 nitrogen and oxygen atoms in total. The number of carbonyl (C=O) groups is 2. The number of hydrogen-bond acceptors (Lipinski definition) is 5. The Bertz CT molecular complexity index is 1080. The summed E-state index contributed by atoms with van der Waals surface area (Å²) in [5.74, 6) is 0.191. The summed E-state index contributed by atoms with van der Waals surface area (Å²) in [7, 11) is 0. The largest absolute Gasteiger partial charge is 0.337 e. The van der Waals surface area contributed by atoms with Gasteiger partial charge in [0.2, 0.25) is 17.6 Å². The Morgan fingerprint density at radius 3 is 2.80 bits per heavy atom. The number of halogens is 1. The van der Waals surface area contributed by atoms with Crippen LogP contribution < -0.4 is 16.0 Å². The zero-order valence-electron chi connectivity index (χ0n) is 16.2. The van der Waals surface area contributed by atoms with Crippen molar-refractivity contribution in [3.8, 4) is 11.4 Å². The second kappa shape index (κ2) is 8.32. The van der Waals surface area contributed by atoms with Crippen LogP contribution in [-0.2, 0) is 11.2 Å². The van der Waals surface area contributed by atoms with Crippen molar-refractivity contribution in [1.29, 1.82) is 0 Å². The first-order valence-electron chi connectivity index (χ1n) is 9.58. The average Bonchev–Trinajstić information content (AvgIpc) is 3.13. The molecule has 0 bridgehead atoms. The number of urea groups is 1. The van der Waals surface area contributed by atoms with E-state index in [9.17, 15) is 14.0 Å². The van der Waals surface area contributed by atoms with Crippen molar-refractivity contribution in [1.82, 2.24) is 15.5 Å². The van der Waals surface area contributed by atoms with Gasteiger partial charge in [0.05, 0.1) is 0 Å². The van der Waals surface area contributed by atoms with Gasteiger partial charge >= 0.3 is 6.03 Å². The molecule has 0 fully saturated rings. The highest BCUT2D eigenvalue weighted by Crippen LogP contribution is 2.25. The van der Waals surface area contributed by atoms with Crippen molar-refractivity contribution >= 4 is 23.3 Å². The number of amides is 3. The van der Waals surface area contributed by atoms with Crippen molar-refractivity contribution in [3.63, 3.8) is 0 Å². The standard InChI is InChI=1S/C21H20FN5O3/c1-12(20-26-19(27-30-20)13-5-7-15(22)8-6-13)23-21(29)24-16-9-10-17-14(11-16)3-2-4-18(28)25-17/h5-12H,2-4H2,1H3,(H,25,28)(H2,23,24,29). The minimum absolute atomic E-state index is 0.000547. The SMILES string of the molecule is CC(NC(=O)Nc1ccc2c(c1)CCCC(=O)N2)c1nc(-c2ccc(F)cc2)no1. The van der Waals surface area contributed by atoms with Crippen LogP contribution in [0.2, 0.25) is 0 Å². The molecule has 3 amide bonds. The first kappa shape index (κ1) is 19.6. The lowest BCUT2D eigenvalue weighted by Crippen LogP contribution is -2.31. The van der Waals surface area contributed by atoms with Crippen molar-refractivity contribution < 1.29 is 18.5 Å². The Balaban J connectivity index is 1.39. The van der Waals surface area contributed by atoms with E-state index >= 15 is 0 Å². The summed E-state index contributed by atoms with van der Waals surface area (Å²) in [6.45, 7) is 1.72. The number of hydrogen-bond donors (Lipinski definition) is 3. The second-order valence-corrected chi connectivity index (χ2v) is 7.06. The monoisotopic (exact) mass is 409 g/mol. The first-order chi connectivity index (χ1) is 14.5. The molecule has 0 radical (unpaired) electrons. The molecule has 3 aromatic rings. The Labute approximate surface area is 171 Å². The average molecular weight is 409 g/mol. The number of rotatable bonds is 4. The van der Waals surface area contributed by atoms with Crippen LogP contribution in [0.4, 0.5) is 20.6 Å². The minimum atomic E-state index is -0.535. The van der Waals surface area contributed by atoms with Crippen LogP contribution in [0, 0.1) is 5.82 Å². The molecule has 0 aliphatic carbocycles. The van der Waals surface area contributed by atoms with E-state index in [2.05, 4.69) is 26.1 Å². The molecule has 1 aromatic heterocycles. The maximum absolute atomic E-state index is 13.1. The number of aromatic nitrogens is 2. The van der Waals surface area contributed by atoms with Crippen LogP contribution in [0.15, 0.2) is 47.0 Å². The van der Waals surface area contributed by atoms with Crippen LogP contribution in [0.5, 0.6) is 0 Å². The summed E-state index contributed by atoms with van der Waals surface area (Å²) in [4.78, 5) is 28.3. The minimum Gasteiger partial charge on any atom is -0.337 e. The Morgan fingerprint density at radius 2 is 2.00 bits per heavy atom. The first-order valence-corrected chi connectivity index (χ1v) is 9.58. The van der Waals surface area contributed by atoms with Gasteiger partial charge in [0.1, 0.15) is 11.9 Å². The number of fused-ring (bicyclic) bond motifs is 1. The Hall–Kier alpha value is -3.75. The summed E-state index contributed by atoms with van der Waals surface area (Å²) in [6, 6.07) is 10.1. The molecule has 1 aliphatic heterocycles. The molecular formula is C21H20FN5O3. The molecule has 2 aromatic carbocycles. The van der Waals surface area contributed by atoms with Gasteiger partial charge in [-0.1, -0.05) is 5.16 Å². The molecule has 0 saturated carbocycles. The quantitative estimate of drug-likeness (QED) is 0.603. The smallest absolute Gasteiger partial charge is 0.319 e. The molecule has 2 heterocycles. The molecule has 154 valence electrons. The van der Waals surface area contributed by atoms with Crippen LogP contribution in [0.25, 0.3) is 11.4 Å². The predicted molar refractivity (Wildman–Crippen MR) is 108 cm³/mol. The van der Waals surface area contributed by atoms with Gasteiger partial charge in [0, 0.05) is 23.4 Å². The van der Waals surface area contributed by atoms with E-state index in [1.54, 1.807) is 31.2 Å². The summed E-state index contributed by atoms with van der Waals surface area (Å²) in [6.07, 6.45) is 2.01. The fourth-order valence-electron chi connectivity index (χ4n) is 3.21. The van der Waals surface area contributed by atoms with E-state index in [1.165, 1.54) is 12.1 Å². The van der Waals surface area contributed by atoms with Crippen molar-refractivity contribution in [3.05, 3.63) is 59.7 Å². The maximum atomic E-state index is 13.1. The van der Waals surface area contributed by atoms with Crippen LogP contribution in [-0.4, -0.2) is 22.1 Å².